The van der Waals surface area contributed by atoms with Gasteiger partial charge in [0.05, 0.1) is 5.69 Å². The number of hydrogen-bond donors (Lipinski definition) is 1. The van der Waals surface area contributed by atoms with Gasteiger partial charge in [-0.25, -0.2) is 0 Å². The monoisotopic (exact) mass is 364 g/mol. The highest BCUT2D eigenvalue weighted by Gasteiger charge is 2.30. The van der Waals surface area contributed by atoms with Crippen molar-refractivity contribution in [1.29, 1.82) is 5.26 Å². The number of alkyl halides is 3. The fourth-order valence-electron chi connectivity index (χ4n) is 2.64. The molecule has 0 fully saturated rings. The third kappa shape index (κ3) is 4.30. The molecule has 1 aromatic heterocycles. The van der Waals surface area contributed by atoms with Gasteiger partial charge in [-0.1, -0.05) is 6.42 Å². The van der Waals surface area contributed by atoms with Crippen molar-refractivity contribution in [2.24, 2.45) is 5.10 Å². The first-order valence-electron chi connectivity index (χ1n) is 7.98. The zero-order chi connectivity index (χ0) is 18.6. The molecule has 1 aliphatic rings. The number of halogens is 3. The van der Waals surface area contributed by atoms with Gasteiger partial charge in [0.15, 0.2) is 5.82 Å². The van der Waals surface area contributed by atoms with Crippen LogP contribution in [0.25, 0.3) is 0 Å². The molecule has 0 atom stereocenters. The molecule has 1 aromatic carbocycles. The number of benzene rings is 1. The molecule has 0 spiro atoms. The smallest absolute Gasteiger partial charge is 0.406 e. The summed E-state index contributed by atoms with van der Waals surface area (Å²) in [5.74, 6) is 0.873. The highest BCUT2D eigenvalue weighted by Crippen LogP contribution is 2.24. The first-order valence-corrected chi connectivity index (χ1v) is 7.98. The second-order valence-electron chi connectivity index (χ2n) is 5.66. The molecule has 3 rings (SSSR count). The lowest BCUT2D eigenvalue weighted by atomic mass is 10.2. The van der Waals surface area contributed by atoms with Crippen LogP contribution in [0.5, 0.6) is 5.75 Å². The number of aryl methyl sites for hydroxylation is 1. The van der Waals surface area contributed by atoms with Crippen molar-refractivity contribution in [1.82, 2.24) is 14.8 Å². The van der Waals surface area contributed by atoms with Crippen molar-refractivity contribution in [2.45, 2.75) is 38.6 Å². The number of hydrogen-bond acceptors (Lipinski definition) is 6. The first kappa shape index (κ1) is 17.7. The third-order valence-electron chi connectivity index (χ3n) is 3.81. The van der Waals surface area contributed by atoms with E-state index in [2.05, 4.69) is 25.5 Å². The number of nitrogens with one attached hydrogen (secondary N) is 1. The van der Waals surface area contributed by atoms with Gasteiger partial charge >= 0.3 is 6.36 Å². The molecular formula is C16H15F3N6O. The molecule has 2 heterocycles. The molecule has 1 N–H and O–H groups in total. The Balaban J connectivity index is 1.75. The van der Waals surface area contributed by atoms with Gasteiger partial charge in [0.2, 0.25) is 5.71 Å². The summed E-state index contributed by atoms with van der Waals surface area (Å²) in [7, 11) is 0. The number of ether oxygens (including phenoxy) is 1. The predicted molar refractivity (Wildman–Crippen MR) is 86.5 cm³/mol. The lowest BCUT2D eigenvalue weighted by molar-refractivity contribution is -0.274. The van der Waals surface area contributed by atoms with E-state index in [0.29, 0.717) is 11.5 Å². The molecule has 26 heavy (non-hydrogen) atoms. The zero-order valence-corrected chi connectivity index (χ0v) is 13.6. The molecule has 0 saturated heterocycles. The number of aromatic nitrogens is 3. The van der Waals surface area contributed by atoms with Gasteiger partial charge in [-0.15, -0.1) is 23.4 Å². The maximum Gasteiger partial charge on any atom is 0.573 e. The molecule has 0 bridgehead atoms. The second-order valence-corrected chi connectivity index (χ2v) is 5.66. The Hall–Kier alpha value is -3.09. The maximum absolute atomic E-state index is 12.2. The minimum Gasteiger partial charge on any atom is -0.406 e. The van der Waals surface area contributed by atoms with Crippen LogP contribution in [0.3, 0.4) is 0 Å². The summed E-state index contributed by atoms with van der Waals surface area (Å²) < 4.78 is 42.1. The Morgan fingerprint density at radius 1 is 1.19 bits per heavy atom. The van der Waals surface area contributed by atoms with E-state index >= 15 is 0 Å². The number of fused-ring (bicyclic) bond motifs is 1. The highest BCUT2D eigenvalue weighted by molar-refractivity contribution is 6.09. The average molecular weight is 364 g/mol. The summed E-state index contributed by atoms with van der Waals surface area (Å²) >= 11 is 0. The first-order chi connectivity index (χ1) is 12.5. The molecule has 136 valence electrons. The van der Waals surface area contributed by atoms with Gasteiger partial charge in [-0.3, -0.25) is 5.43 Å². The number of rotatable bonds is 4. The van der Waals surface area contributed by atoms with E-state index in [1.807, 2.05) is 10.6 Å². The molecule has 0 radical (unpaired) electrons. The van der Waals surface area contributed by atoms with E-state index in [0.717, 1.165) is 50.2 Å². The van der Waals surface area contributed by atoms with E-state index in [9.17, 15) is 18.4 Å². The van der Waals surface area contributed by atoms with Crippen LogP contribution in [-0.4, -0.2) is 26.8 Å². The maximum atomic E-state index is 12.2. The Labute approximate surface area is 147 Å². The fourth-order valence-corrected chi connectivity index (χ4v) is 2.64. The minimum absolute atomic E-state index is 0.0567. The summed E-state index contributed by atoms with van der Waals surface area (Å²) in [6.45, 7) is 0.724. The van der Waals surface area contributed by atoms with Gasteiger partial charge in [0.1, 0.15) is 17.6 Å². The SMILES string of the molecule is N#C/C(=N\Nc1ccc(OC(F)(F)F)cc1)c1nnc2n1CCCCC2. The van der Waals surface area contributed by atoms with E-state index < -0.39 is 6.36 Å². The molecule has 0 saturated carbocycles. The molecule has 0 aliphatic carbocycles. The van der Waals surface area contributed by atoms with Crippen molar-refractivity contribution in [3.05, 3.63) is 35.9 Å². The normalized spacial score (nSPS) is 14.9. The predicted octanol–water partition coefficient (Wildman–Crippen LogP) is 3.24. The lowest BCUT2D eigenvalue weighted by Crippen LogP contribution is -2.17. The van der Waals surface area contributed by atoms with Crippen LogP contribution in [0, 0.1) is 11.3 Å². The van der Waals surface area contributed by atoms with Crippen LogP contribution in [0.2, 0.25) is 0 Å². The van der Waals surface area contributed by atoms with Crippen molar-refractivity contribution in [3.63, 3.8) is 0 Å². The standard InChI is InChI=1S/C16H15F3N6O/c17-16(18,19)26-12-7-5-11(6-8-12)21-22-13(10-20)15-24-23-14-4-2-1-3-9-25(14)15/h5-8,21H,1-4,9H2/b22-13+. The van der Waals surface area contributed by atoms with E-state index in [-0.39, 0.29) is 11.5 Å². The van der Waals surface area contributed by atoms with Gasteiger partial charge in [-0.2, -0.15) is 10.4 Å². The van der Waals surface area contributed by atoms with Crippen LogP contribution in [0.15, 0.2) is 29.4 Å². The summed E-state index contributed by atoms with van der Waals surface area (Å²) in [5, 5.41) is 21.6. The van der Waals surface area contributed by atoms with Gasteiger partial charge < -0.3 is 9.30 Å². The van der Waals surface area contributed by atoms with Crippen LogP contribution < -0.4 is 10.2 Å². The van der Waals surface area contributed by atoms with Crippen molar-refractivity contribution >= 4 is 11.4 Å². The Morgan fingerprint density at radius 2 is 1.96 bits per heavy atom. The number of nitrogens with zero attached hydrogens (tertiary/aromatic N) is 5. The molecule has 1 aliphatic heterocycles. The molecule has 0 amide bonds. The molecule has 7 nitrogen and oxygen atoms in total. The molecule has 0 unspecified atom stereocenters. The van der Waals surface area contributed by atoms with Gasteiger partial charge in [0, 0.05) is 13.0 Å². The van der Waals surface area contributed by atoms with E-state index in [4.69, 9.17) is 0 Å². The molecular weight excluding hydrogens is 349 g/mol. The van der Waals surface area contributed by atoms with Crippen LogP contribution in [0.1, 0.15) is 30.9 Å². The number of anilines is 1. The highest BCUT2D eigenvalue weighted by atomic mass is 19.4. The van der Waals surface area contributed by atoms with Gasteiger partial charge in [0.25, 0.3) is 0 Å². The Kier molecular flexibility index (Phi) is 5.06. The summed E-state index contributed by atoms with van der Waals surface area (Å²) in [5.41, 5.74) is 3.11. The van der Waals surface area contributed by atoms with Crippen LogP contribution in [0.4, 0.5) is 18.9 Å². The summed E-state index contributed by atoms with van der Waals surface area (Å²) in [6.07, 6.45) is -0.842. The van der Waals surface area contributed by atoms with Crippen molar-refractivity contribution in [2.75, 3.05) is 5.43 Å². The average Bonchev–Trinajstić information content (AvgIpc) is 2.84. The lowest BCUT2D eigenvalue weighted by Gasteiger charge is -2.09. The largest absolute Gasteiger partial charge is 0.573 e. The summed E-state index contributed by atoms with van der Waals surface area (Å²) in [4.78, 5) is 0. The zero-order valence-electron chi connectivity index (χ0n) is 13.6. The quantitative estimate of drug-likeness (QED) is 0.665. The molecule has 2 aromatic rings. The topological polar surface area (TPSA) is 88.1 Å². The number of nitriles is 1. The fraction of sp³-hybridized carbons (Fsp3) is 0.375. The van der Waals surface area contributed by atoms with E-state index in [1.165, 1.54) is 12.1 Å². The minimum atomic E-state index is -4.74. The summed E-state index contributed by atoms with van der Waals surface area (Å²) in [6, 6.07) is 7.01. The Morgan fingerprint density at radius 3 is 2.65 bits per heavy atom. The third-order valence-corrected chi connectivity index (χ3v) is 3.81. The van der Waals surface area contributed by atoms with Crippen LogP contribution >= 0.6 is 0 Å². The van der Waals surface area contributed by atoms with E-state index in [1.54, 1.807) is 0 Å². The second kappa shape index (κ2) is 7.43. The van der Waals surface area contributed by atoms with Crippen molar-refractivity contribution in [3.8, 4) is 11.8 Å². The van der Waals surface area contributed by atoms with Gasteiger partial charge in [-0.05, 0) is 37.1 Å². The van der Waals surface area contributed by atoms with Crippen LogP contribution in [-0.2, 0) is 13.0 Å². The van der Waals surface area contributed by atoms with Crippen molar-refractivity contribution < 1.29 is 17.9 Å². The number of hydrazone groups is 1. The molecule has 10 heteroatoms. The Bertz CT molecular complexity index is 835.